The quantitative estimate of drug-likeness (QED) is 0.881. The summed E-state index contributed by atoms with van der Waals surface area (Å²) in [6.45, 7) is 5.99. The number of likely N-dealkylation sites (tertiary alicyclic amines) is 1. The molecule has 0 amide bonds. The Morgan fingerprint density at radius 3 is 2.84 bits per heavy atom. The predicted molar refractivity (Wildman–Crippen MR) is 77.9 cm³/mol. The maximum atomic E-state index is 5.93. The molecule has 1 unspecified atom stereocenters. The summed E-state index contributed by atoms with van der Waals surface area (Å²) in [5.41, 5.74) is 0. The number of anilines is 2. The monoisotopic (exact) mass is 284 g/mol. The summed E-state index contributed by atoms with van der Waals surface area (Å²) in [6, 6.07) is 0. The van der Waals surface area contributed by atoms with E-state index >= 15 is 0 Å². The van der Waals surface area contributed by atoms with Crippen LogP contribution in [0, 0.1) is 5.92 Å². The van der Waals surface area contributed by atoms with Gasteiger partial charge in [-0.3, -0.25) is 0 Å². The number of halogens is 1. The highest BCUT2D eigenvalue weighted by Gasteiger charge is 2.22. The molecule has 19 heavy (non-hydrogen) atoms. The first kappa shape index (κ1) is 14.3. The molecular formula is C12H21ClN6. The molecule has 2 heterocycles. The molecule has 1 aliphatic rings. The van der Waals surface area contributed by atoms with Crippen LogP contribution in [-0.2, 0) is 0 Å². The molecule has 2 rings (SSSR count). The maximum Gasteiger partial charge on any atom is 0.231 e. The normalized spacial score (nSPS) is 19.7. The lowest BCUT2D eigenvalue weighted by Crippen LogP contribution is -2.29. The highest BCUT2D eigenvalue weighted by atomic mass is 35.5. The van der Waals surface area contributed by atoms with E-state index in [9.17, 15) is 0 Å². The topological polar surface area (TPSA) is 57.2 Å². The van der Waals surface area contributed by atoms with Gasteiger partial charge in [-0.15, -0.1) is 0 Å². The van der Waals surface area contributed by atoms with E-state index < -0.39 is 0 Å². The third kappa shape index (κ3) is 3.91. The number of hydrogen-bond acceptors (Lipinski definition) is 6. The Bertz CT molecular complexity index is 427. The van der Waals surface area contributed by atoms with Gasteiger partial charge < -0.3 is 15.1 Å². The van der Waals surface area contributed by atoms with Crippen molar-refractivity contribution in [1.29, 1.82) is 0 Å². The summed E-state index contributed by atoms with van der Waals surface area (Å²) < 4.78 is 0. The van der Waals surface area contributed by atoms with Gasteiger partial charge in [0.2, 0.25) is 17.2 Å². The molecule has 1 N–H and O–H groups in total. The van der Waals surface area contributed by atoms with Crippen molar-refractivity contribution in [1.82, 2.24) is 19.9 Å². The summed E-state index contributed by atoms with van der Waals surface area (Å²) in [7, 11) is 4.16. The van der Waals surface area contributed by atoms with Gasteiger partial charge in [-0.25, -0.2) is 0 Å². The van der Waals surface area contributed by atoms with Crippen LogP contribution in [0.2, 0.25) is 5.28 Å². The van der Waals surface area contributed by atoms with Crippen LogP contribution in [0.4, 0.5) is 11.9 Å². The SMILES string of the molecule is CCNc1nc(Cl)nc(N(C)CC2CCN(C)C2)n1. The van der Waals surface area contributed by atoms with Crippen molar-refractivity contribution in [2.75, 3.05) is 50.5 Å². The highest BCUT2D eigenvalue weighted by Crippen LogP contribution is 2.18. The fourth-order valence-electron chi connectivity index (χ4n) is 2.39. The van der Waals surface area contributed by atoms with E-state index in [4.69, 9.17) is 11.6 Å². The molecule has 0 saturated carbocycles. The lowest BCUT2D eigenvalue weighted by Gasteiger charge is -2.21. The molecule has 6 nitrogen and oxygen atoms in total. The van der Waals surface area contributed by atoms with Crippen LogP contribution < -0.4 is 10.2 Å². The van der Waals surface area contributed by atoms with Gasteiger partial charge in [-0.1, -0.05) is 0 Å². The van der Waals surface area contributed by atoms with Crippen LogP contribution in [0.5, 0.6) is 0 Å². The Hall–Kier alpha value is -1.14. The fourth-order valence-corrected chi connectivity index (χ4v) is 2.55. The molecule has 1 aliphatic heterocycles. The summed E-state index contributed by atoms with van der Waals surface area (Å²) in [5, 5.41) is 3.30. The van der Waals surface area contributed by atoms with Crippen molar-refractivity contribution < 1.29 is 0 Å². The molecule has 1 fully saturated rings. The molecular weight excluding hydrogens is 264 g/mol. The molecule has 0 aromatic carbocycles. The van der Waals surface area contributed by atoms with Crippen LogP contribution >= 0.6 is 11.6 Å². The predicted octanol–water partition coefficient (Wildman–Crippen LogP) is 1.34. The summed E-state index contributed by atoms with van der Waals surface area (Å²) in [6.07, 6.45) is 1.22. The van der Waals surface area contributed by atoms with E-state index in [1.165, 1.54) is 13.0 Å². The van der Waals surface area contributed by atoms with Crippen LogP contribution in [0.25, 0.3) is 0 Å². The molecule has 1 aromatic heterocycles. The van der Waals surface area contributed by atoms with Gasteiger partial charge in [-0.2, -0.15) is 15.0 Å². The van der Waals surface area contributed by atoms with Crippen LogP contribution in [0.1, 0.15) is 13.3 Å². The Morgan fingerprint density at radius 1 is 1.42 bits per heavy atom. The van der Waals surface area contributed by atoms with Gasteiger partial charge in [-0.05, 0) is 44.5 Å². The Labute approximate surface area is 119 Å². The molecule has 1 aromatic rings. The lowest BCUT2D eigenvalue weighted by atomic mass is 10.1. The molecule has 106 valence electrons. The van der Waals surface area contributed by atoms with E-state index in [1.807, 2.05) is 14.0 Å². The van der Waals surface area contributed by atoms with Gasteiger partial charge in [0.25, 0.3) is 0 Å². The van der Waals surface area contributed by atoms with Gasteiger partial charge in [0, 0.05) is 26.7 Å². The number of aromatic nitrogens is 3. The average molecular weight is 285 g/mol. The van der Waals surface area contributed by atoms with Crippen LogP contribution in [0.3, 0.4) is 0 Å². The van der Waals surface area contributed by atoms with E-state index in [1.54, 1.807) is 0 Å². The average Bonchev–Trinajstić information content (AvgIpc) is 2.74. The van der Waals surface area contributed by atoms with Crippen molar-refractivity contribution in [3.05, 3.63) is 5.28 Å². The zero-order valence-corrected chi connectivity index (χ0v) is 12.5. The lowest BCUT2D eigenvalue weighted by molar-refractivity contribution is 0.395. The van der Waals surface area contributed by atoms with Crippen molar-refractivity contribution in [3.8, 4) is 0 Å². The largest absolute Gasteiger partial charge is 0.354 e. The first-order chi connectivity index (χ1) is 9.08. The van der Waals surface area contributed by atoms with Crippen molar-refractivity contribution in [2.45, 2.75) is 13.3 Å². The maximum absolute atomic E-state index is 5.93. The zero-order valence-electron chi connectivity index (χ0n) is 11.7. The molecule has 1 saturated heterocycles. The molecule has 7 heteroatoms. The number of nitrogens with one attached hydrogen (secondary N) is 1. The second-order valence-electron chi connectivity index (χ2n) is 5.06. The second kappa shape index (κ2) is 6.34. The number of hydrogen-bond donors (Lipinski definition) is 1. The minimum atomic E-state index is 0.233. The standard InChI is InChI=1S/C12H21ClN6/c1-4-14-11-15-10(13)16-12(17-11)19(3)8-9-5-6-18(2)7-9/h9H,4-8H2,1-3H3,(H,14,15,16,17). The summed E-state index contributed by atoms with van der Waals surface area (Å²) in [4.78, 5) is 17.0. The first-order valence-electron chi connectivity index (χ1n) is 6.63. The summed E-state index contributed by atoms with van der Waals surface area (Å²) in [5.74, 6) is 1.83. The Morgan fingerprint density at radius 2 is 2.21 bits per heavy atom. The minimum Gasteiger partial charge on any atom is -0.354 e. The second-order valence-corrected chi connectivity index (χ2v) is 5.39. The molecule has 0 aliphatic carbocycles. The Balaban J connectivity index is 2.03. The van der Waals surface area contributed by atoms with Crippen molar-refractivity contribution in [3.63, 3.8) is 0 Å². The third-order valence-electron chi connectivity index (χ3n) is 3.29. The van der Waals surface area contributed by atoms with Gasteiger partial charge >= 0.3 is 0 Å². The van der Waals surface area contributed by atoms with E-state index in [-0.39, 0.29) is 5.28 Å². The van der Waals surface area contributed by atoms with Crippen molar-refractivity contribution in [2.24, 2.45) is 5.92 Å². The highest BCUT2D eigenvalue weighted by molar-refractivity contribution is 6.28. The van der Waals surface area contributed by atoms with E-state index in [0.717, 1.165) is 19.6 Å². The van der Waals surface area contributed by atoms with Crippen molar-refractivity contribution >= 4 is 23.5 Å². The molecule has 0 radical (unpaired) electrons. The van der Waals surface area contributed by atoms with Gasteiger partial charge in [0.1, 0.15) is 0 Å². The van der Waals surface area contributed by atoms with Gasteiger partial charge in [0.05, 0.1) is 0 Å². The molecule has 0 spiro atoms. The smallest absolute Gasteiger partial charge is 0.231 e. The van der Waals surface area contributed by atoms with E-state index in [2.05, 4.69) is 37.1 Å². The Kier molecular flexibility index (Phi) is 4.76. The fraction of sp³-hybridized carbons (Fsp3) is 0.750. The molecule has 0 bridgehead atoms. The summed E-state index contributed by atoms with van der Waals surface area (Å²) >= 11 is 5.93. The first-order valence-corrected chi connectivity index (χ1v) is 7.01. The van der Waals surface area contributed by atoms with Crippen LogP contribution in [0.15, 0.2) is 0 Å². The van der Waals surface area contributed by atoms with Gasteiger partial charge in [0.15, 0.2) is 0 Å². The third-order valence-corrected chi connectivity index (χ3v) is 3.46. The van der Waals surface area contributed by atoms with Crippen LogP contribution in [-0.4, -0.2) is 60.1 Å². The molecule has 1 atom stereocenters. The number of rotatable bonds is 5. The number of nitrogens with zero attached hydrogens (tertiary/aromatic N) is 5. The van der Waals surface area contributed by atoms with E-state index in [0.29, 0.717) is 17.8 Å². The zero-order chi connectivity index (χ0) is 13.8. The minimum absolute atomic E-state index is 0.233.